The Morgan fingerprint density at radius 2 is 2.07 bits per heavy atom. The lowest BCUT2D eigenvalue weighted by molar-refractivity contribution is 0.0830. The summed E-state index contributed by atoms with van der Waals surface area (Å²) in [6, 6.07) is 0.747. The largest absolute Gasteiger partial charge is 0.330 e. The van der Waals surface area contributed by atoms with Crippen LogP contribution in [0.4, 0.5) is 0 Å². The van der Waals surface area contributed by atoms with Gasteiger partial charge in [0, 0.05) is 25.7 Å². The lowest BCUT2D eigenvalue weighted by Crippen LogP contribution is -2.52. The number of likely N-dealkylation sites (N-methyl/N-ethyl adjacent to an activating group) is 1. The Labute approximate surface area is 94.6 Å². The standard InChI is InChI=1S/C12H27N3/c1-11(2)9-12-10-15(6-4-5-13)8-7-14(12)3/h11-12H,4-10,13H2,1-3H3. The maximum atomic E-state index is 5.55. The van der Waals surface area contributed by atoms with Gasteiger partial charge in [-0.1, -0.05) is 13.8 Å². The lowest BCUT2D eigenvalue weighted by Gasteiger charge is -2.40. The summed E-state index contributed by atoms with van der Waals surface area (Å²) in [5, 5.41) is 0. The van der Waals surface area contributed by atoms with Crippen molar-refractivity contribution in [3.63, 3.8) is 0 Å². The number of hydrogen-bond donors (Lipinski definition) is 1. The molecule has 1 rings (SSSR count). The molecule has 1 unspecified atom stereocenters. The van der Waals surface area contributed by atoms with Gasteiger partial charge in [0.1, 0.15) is 0 Å². The predicted octanol–water partition coefficient (Wildman–Crippen LogP) is 0.997. The minimum absolute atomic E-state index is 0.747. The second-order valence-corrected chi connectivity index (χ2v) is 5.21. The maximum Gasteiger partial charge on any atom is 0.0223 e. The third-order valence-electron chi connectivity index (χ3n) is 3.28. The molecule has 0 aromatic rings. The molecular weight excluding hydrogens is 186 g/mol. The van der Waals surface area contributed by atoms with Crippen LogP contribution in [-0.2, 0) is 0 Å². The van der Waals surface area contributed by atoms with E-state index in [1.54, 1.807) is 0 Å². The van der Waals surface area contributed by atoms with Crippen molar-refractivity contribution >= 4 is 0 Å². The van der Waals surface area contributed by atoms with Crippen molar-refractivity contribution < 1.29 is 0 Å². The summed E-state index contributed by atoms with van der Waals surface area (Å²) >= 11 is 0. The topological polar surface area (TPSA) is 32.5 Å². The quantitative estimate of drug-likeness (QED) is 0.739. The molecule has 15 heavy (non-hydrogen) atoms. The van der Waals surface area contributed by atoms with E-state index in [2.05, 4.69) is 30.7 Å². The molecule has 0 aromatic carbocycles. The molecule has 3 nitrogen and oxygen atoms in total. The summed E-state index contributed by atoms with van der Waals surface area (Å²) in [5.41, 5.74) is 5.55. The van der Waals surface area contributed by atoms with Crippen LogP contribution in [-0.4, -0.2) is 55.6 Å². The number of piperazine rings is 1. The summed E-state index contributed by atoms with van der Waals surface area (Å²) in [5.74, 6) is 0.798. The summed E-state index contributed by atoms with van der Waals surface area (Å²) in [6.07, 6.45) is 2.45. The molecular formula is C12H27N3. The summed E-state index contributed by atoms with van der Waals surface area (Å²) in [4.78, 5) is 5.08. The molecule has 0 aliphatic carbocycles. The van der Waals surface area contributed by atoms with E-state index in [9.17, 15) is 0 Å². The fourth-order valence-corrected chi connectivity index (χ4v) is 2.33. The van der Waals surface area contributed by atoms with E-state index >= 15 is 0 Å². The van der Waals surface area contributed by atoms with Gasteiger partial charge in [-0.2, -0.15) is 0 Å². The van der Waals surface area contributed by atoms with Crippen molar-refractivity contribution in [2.45, 2.75) is 32.7 Å². The fourth-order valence-electron chi connectivity index (χ4n) is 2.33. The van der Waals surface area contributed by atoms with Crippen molar-refractivity contribution in [3.05, 3.63) is 0 Å². The summed E-state index contributed by atoms with van der Waals surface area (Å²) in [6.45, 7) is 10.3. The van der Waals surface area contributed by atoms with Crippen LogP contribution in [0.3, 0.4) is 0 Å². The highest BCUT2D eigenvalue weighted by atomic mass is 15.3. The first-order valence-electron chi connectivity index (χ1n) is 6.26. The average Bonchev–Trinajstić information content (AvgIpc) is 2.18. The summed E-state index contributed by atoms with van der Waals surface area (Å²) in [7, 11) is 2.26. The van der Waals surface area contributed by atoms with Crippen LogP contribution in [0.15, 0.2) is 0 Å². The number of nitrogens with zero attached hydrogens (tertiary/aromatic N) is 2. The SMILES string of the molecule is CC(C)CC1CN(CCCN)CCN1C. The molecule has 0 radical (unpaired) electrons. The van der Waals surface area contributed by atoms with E-state index in [0.29, 0.717) is 0 Å². The highest BCUT2D eigenvalue weighted by molar-refractivity contribution is 4.80. The number of nitrogens with two attached hydrogens (primary N) is 1. The fraction of sp³-hybridized carbons (Fsp3) is 1.00. The monoisotopic (exact) mass is 213 g/mol. The minimum Gasteiger partial charge on any atom is -0.330 e. The van der Waals surface area contributed by atoms with Gasteiger partial charge in [-0.25, -0.2) is 0 Å². The second-order valence-electron chi connectivity index (χ2n) is 5.21. The van der Waals surface area contributed by atoms with Crippen LogP contribution in [0.2, 0.25) is 0 Å². The van der Waals surface area contributed by atoms with Gasteiger partial charge in [-0.15, -0.1) is 0 Å². The third-order valence-corrected chi connectivity index (χ3v) is 3.28. The van der Waals surface area contributed by atoms with Gasteiger partial charge in [0.2, 0.25) is 0 Å². The third kappa shape index (κ3) is 4.49. The molecule has 0 aromatic heterocycles. The Kier molecular flexibility index (Phi) is 5.58. The van der Waals surface area contributed by atoms with E-state index in [0.717, 1.165) is 24.9 Å². The van der Waals surface area contributed by atoms with Crippen molar-refractivity contribution in [1.29, 1.82) is 0 Å². The Bertz CT molecular complexity index is 168. The van der Waals surface area contributed by atoms with Gasteiger partial charge in [0.15, 0.2) is 0 Å². The maximum absolute atomic E-state index is 5.55. The molecule has 1 aliphatic heterocycles. The molecule has 3 heteroatoms. The van der Waals surface area contributed by atoms with Crippen LogP contribution in [0.1, 0.15) is 26.7 Å². The molecule has 1 fully saturated rings. The van der Waals surface area contributed by atoms with Crippen LogP contribution < -0.4 is 5.73 Å². The molecule has 2 N–H and O–H groups in total. The Balaban J connectivity index is 2.34. The van der Waals surface area contributed by atoms with E-state index in [4.69, 9.17) is 5.73 Å². The molecule has 1 atom stereocenters. The Morgan fingerprint density at radius 1 is 1.33 bits per heavy atom. The van der Waals surface area contributed by atoms with Gasteiger partial charge in [0.05, 0.1) is 0 Å². The lowest BCUT2D eigenvalue weighted by atomic mass is 10.0. The van der Waals surface area contributed by atoms with Crippen molar-refractivity contribution in [2.24, 2.45) is 11.7 Å². The minimum atomic E-state index is 0.747. The Morgan fingerprint density at radius 3 is 2.67 bits per heavy atom. The van der Waals surface area contributed by atoms with Crippen LogP contribution in [0, 0.1) is 5.92 Å². The first kappa shape index (κ1) is 12.9. The molecule has 0 spiro atoms. The molecule has 1 saturated heterocycles. The molecule has 0 amide bonds. The van der Waals surface area contributed by atoms with Gasteiger partial charge in [-0.3, -0.25) is 0 Å². The zero-order valence-corrected chi connectivity index (χ0v) is 10.6. The number of rotatable bonds is 5. The van der Waals surface area contributed by atoms with Gasteiger partial charge in [0.25, 0.3) is 0 Å². The van der Waals surface area contributed by atoms with Crippen LogP contribution >= 0.6 is 0 Å². The van der Waals surface area contributed by atoms with E-state index in [1.165, 1.54) is 32.6 Å². The first-order chi connectivity index (χ1) is 7.13. The zero-order chi connectivity index (χ0) is 11.3. The van der Waals surface area contributed by atoms with E-state index < -0.39 is 0 Å². The first-order valence-corrected chi connectivity index (χ1v) is 6.26. The molecule has 1 aliphatic rings. The predicted molar refractivity (Wildman–Crippen MR) is 66.0 cm³/mol. The molecule has 0 saturated carbocycles. The molecule has 90 valence electrons. The van der Waals surface area contributed by atoms with Gasteiger partial charge in [-0.05, 0) is 38.9 Å². The smallest absolute Gasteiger partial charge is 0.0223 e. The highest BCUT2D eigenvalue weighted by Gasteiger charge is 2.24. The number of hydrogen-bond acceptors (Lipinski definition) is 3. The van der Waals surface area contributed by atoms with Crippen LogP contribution in [0.25, 0.3) is 0 Å². The summed E-state index contributed by atoms with van der Waals surface area (Å²) < 4.78 is 0. The van der Waals surface area contributed by atoms with Crippen molar-refractivity contribution in [1.82, 2.24) is 9.80 Å². The van der Waals surface area contributed by atoms with E-state index in [1.807, 2.05) is 0 Å². The van der Waals surface area contributed by atoms with Crippen LogP contribution in [0.5, 0.6) is 0 Å². The van der Waals surface area contributed by atoms with Gasteiger partial charge < -0.3 is 15.5 Å². The molecule has 0 bridgehead atoms. The highest BCUT2D eigenvalue weighted by Crippen LogP contribution is 2.15. The average molecular weight is 213 g/mol. The van der Waals surface area contributed by atoms with E-state index in [-0.39, 0.29) is 0 Å². The van der Waals surface area contributed by atoms with Crippen molar-refractivity contribution in [3.8, 4) is 0 Å². The second kappa shape index (κ2) is 6.46. The zero-order valence-electron chi connectivity index (χ0n) is 10.6. The molecule has 1 heterocycles. The normalized spacial score (nSPS) is 25.0. The Hall–Kier alpha value is -0.120. The van der Waals surface area contributed by atoms with Gasteiger partial charge >= 0.3 is 0 Å². The van der Waals surface area contributed by atoms with Crippen molar-refractivity contribution in [2.75, 3.05) is 39.8 Å².